The zero-order valence-corrected chi connectivity index (χ0v) is 12.6. The van der Waals surface area contributed by atoms with Gasteiger partial charge in [0, 0.05) is 23.6 Å². The fourth-order valence-electron chi connectivity index (χ4n) is 1.42. The predicted octanol–water partition coefficient (Wildman–Crippen LogP) is 2.43. The molecule has 20 heavy (non-hydrogen) atoms. The molecule has 0 aromatic heterocycles. The molecule has 0 radical (unpaired) electrons. The summed E-state index contributed by atoms with van der Waals surface area (Å²) in [6.45, 7) is 4.70. The van der Waals surface area contributed by atoms with Gasteiger partial charge in [0.25, 0.3) is 0 Å². The number of primary amides is 1. The number of para-hydroxylation sites is 1. The third-order valence-electron chi connectivity index (χ3n) is 2.41. The Hall–Kier alpha value is -1.69. The van der Waals surface area contributed by atoms with Crippen molar-refractivity contribution in [2.75, 3.05) is 17.6 Å². The molecule has 4 N–H and O–H groups in total. The average molecular weight is 295 g/mol. The number of carbonyl (C=O) groups excluding carboxylic acids is 2. The highest BCUT2D eigenvalue weighted by Crippen LogP contribution is 2.27. The summed E-state index contributed by atoms with van der Waals surface area (Å²) in [5, 5.41) is 5.62. The molecular formula is C14H21N3O2S. The van der Waals surface area contributed by atoms with E-state index in [0.717, 1.165) is 10.6 Å². The van der Waals surface area contributed by atoms with Crippen molar-refractivity contribution in [2.45, 2.75) is 25.2 Å². The van der Waals surface area contributed by atoms with Gasteiger partial charge in [0.1, 0.15) is 0 Å². The van der Waals surface area contributed by atoms with E-state index in [1.807, 2.05) is 38.1 Å². The van der Waals surface area contributed by atoms with Gasteiger partial charge in [-0.2, -0.15) is 0 Å². The van der Waals surface area contributed by atoms with Crippen LogP contribution >= 0.6 is 11.8 Å². The normalized spacial score (nSPS) is 10.3. The Kier molecular flexibility index (Phi) is 6.93. The smallest absolute Gasteiger partial charge is 0.319 e. The lowest BCUT2D eigenvalue weighted by Gasteiger charge is -2.12. The van der Waals surface area contributed by atoms with Crippen LogP contribution in [0.1, 0.15) is 20.3 Å². The number of hydrogen-bond donors (Lipinski definition) is 3. The summed E-state index contributed by atoms with van der Waals surface area (Å²) in [6, 6.07) is 7.27. The zero-order chi connectivity index (χ0) is 15.0. The Balaban J connectivity index is 2.56. The van der Waals surface area contributed by atoms with E-state index < -0.39 is 0 Å². The van der Waals surface area contributed by atoms with Gasteiger partial charge in [0.15, 0.2) is 0 Å². The van der Waals surface area contributed by atoms with Crippen molar-refractivity contribution >= 4 is 29.4 Å². The molecule has 0 aliphatic carbocycles. The van der Waals surface area contributed by atoms with Crippen LogP contribution in [0.3, 0.4) is 0 Å². The van der Waals surface area contributed by atoms with E-state index in [-0.39, 0.29) is 11.9 Å². The molecule has 0 saturated carbocycles. The van der Waals surface area contributed by atoms with Crippen LogP contribution in [-0.2, 0) is 4.79 Å². The highest BCUT2D eigenvalue weighted by molar-refractivity contribution is 7.99. The molecule has 6 heteroatoms. The lowest BCUT2D eigenvalue weighted by atomic mass is 10.2. The van der Waals surface area contributed by atoms with Crippen molar-refractivity contribution in [3.8, 4) is 0 Å². The van der Waals surface area contributed by atoms with Crippen LogP contribution in [0.25, 0.3) is 0 Å². The number of carbonyl (C=O) groups is 2. The maximum Gasteiger partial charge on any atom is 0.319 e. The van der Waals surface area contributed by atoms with E-state index >= 15 is 0 Å². The predicted molar refractivity (Wildman–Crippen MR) is 82.8 cm³/mol. The Morgan fingerprint density at radius 1 is 1.30 bits per heavy atom. The van der Waals surface area contributed by atoms with Gasteiger partial charge >= 0.3 is 6.03 Å². The summed E-state index contributed by atoms with van der Waals surface area (Å²) in [6.07, 6.45) is 0.318. The minimum atomic E-state index is -0.322. The average Bonchev–Trinajstić information content (AvgIpc) is 2.38. The fraction of sp³-hybridized carbons (Fsp3) is 0.429. The van der Waals surface area contributed by atoms with Crippen molar-refractivity contribution in [1.29, 1.82) is 0 Å². The van der Waals surface area contributed by atoms with Crippen molar-refractivity contribution in [3.05, 3.63) is 24.3 Å². The first-order valence-corrected chi connectivity index (χ1v) is 7.52. The van der Waals surface area contributed by atoms with Crippen molar-refractivity contribution < 1.29 is 9.59 Å². The van der Waals surface area contributed by atoms with Gasteiger partial charge < -0.3 is 16.4 Å². The molecule has 0 atom stereocenters. The number of nitrogens with one attached hydrogen (secondary N) is 2. The molecular weight excluding hydrogens is 274 g/mol. The molecule has 0 spiro atoms. The van der Waals surface area contributed by atoms with Gasteiger partial charge in [-0.25, -0.2) is 4.79 Å². The maximum absolute atomic E-state index is 11.7. The van der Waals surface area contributed by atoms with Gasteiger partial charge in [-0.3, -0.25) is 4.79 Å². The van der Waals surface area contributed by atoms with E-state index in [1.165, 1.54) is 11.8 Å². The second-order valence-electron chi connectivity index (χ2n) is 4.79. The molecule has 1 aromatic rings. The third-order valence-corrected chi connectivity index (χ3v) is 3.49. The maximum atomic E-state index is 11.7. The minimum absolute atomic E-state index is 0.221. The van der Waals surface area contributed by atoms with Gasteiger partial charge in [0.05, 0.1) is 5.69 Å². The quantitative estimate of drug-likeness (QED) is 0.675. The highest BCUT2D eigenvalue weighted by Gasteiger charge is 2.07. The lowest BCUT2D eigenvalue weighted by molar-refractivity contribution is -0.117. The van der Waals surface area contributed by atoms with E-state index in [2.05, 4.69) is 10.6 Å². The minimum Gasteiger partial charge on any atom is -0.370 e. The lowest BCUT2D eigenvalue weighted by Crippen LogP contribution is -2.31. The first kappa shape index (κ1) is 16.4. The zero-order valence-electron chi connectivity index (χ0n) is 11.8. The first-order valence-electron chi connectivity index (χ1n) is 6.54. The van der Waals surface area contributed by atoms with E-state index in [4.69, 9.17) is 5.73 Å². The summed E-state index contributed by atoms with van der Waals surface area (Å²) >= 11 is 1.50. The number of nitrogens with two attached hydrogens (primary N) is 1. The van der Waals surface area contributed by atoms with Gasteiger partial charge in [-0.1, -0.05) is 26.0 Å². The standard InChI is InChI=1S/C14H21N3O2S/c1-10(2)9-16-14(19)17-11-5-3-4-6-12(11)20-8-7-13(15)18/h3-6,10H,7-9H2,1-2H3,(H2,15,18)(H2,16,17,19). The molecule has 0 aliphatic rings. The highest BCUT2D eigenvalue weighted by atomic mass is 32.2. The Morgan fingerprint density at radius 2 is 2.00 bits per heavy atom. The number of amides is 3. The van der Waals surface area contributed by atoms with Crippen LogP contribution < -0.4 is 16.4 Å². The van der Waals surface area contributed by atoms with Crippen molar-refractivity contribution in [1.82, 2.24) is 5.32 Å². The summed E-state index contributed by atoms with van der Waals surface area (Å²) in [5.74, 6) is 0.681. The molecule has 1 aromatic carbocycles. The summed E-state index contributed by atoms with van der Waals surface area (Å²) < 4.78 is 0. The first-order chi connectivity index (χ1) is 9.49. The van der Waals surface area contributed by atoms with Crippen LogP contribution in [-0.4, -0.2) is 24.2 Å². The van der Waals surface area contributed by atoms with Gasteiger partial charge in [-0.05, 0) is 18.1 Å². The van der Waals surface area contributed by atoms with Crippen LogP contribution in [0.15, 0.2) is 29.2 Å². The SMILES string of the molecule is CC(C)CNC(=O)Nc1ccccc1SCCC(N)=O. The Morgan fingerprint density at radius 3 is 2.65 bits per heavy atom. The molecule has 1 rings (SSSR count). The largest absolute Gasteiger partial charge is 0.370 e. The number of benzene rings is 1. The Labute approximate surface area is 123 Å². The molecule has 0 fully saturated rings. The van der Waals surface area contributed by atoms with Crippen molar-refractivity contribution in [2.24, 2.45) is 11.7 Å². The second-order valence-corrected chi connectivity index (χ2v) is 5.93. The molecule has 110 valence electrons. The summed E-state index contributed by atoms with van der Waals surface area (Å²) in [4.78, 5) is 23.4. The van der Waals surface area contributed by atoms with Crippen LogP contribution in [0, 0.1) is 5.92 Å². The summed E-state index contributed by atoms with van der Waals surface area (Å²) in [7, 11) is 0. The van der Waals surface area contributed by atoms with E-state index in [9.17, 15) is 9.59 Å². The second kappa shape index (κ2) is 8.47. The topological polar surface area (TPSA) is 84.2 Å². The Bertz CT molecular complexity index is 463. The van der Waals surface area contributed by atoms with E-state index in [1.54, 1.807) is 0 Å². The summed E-state index contributed by atoms with van der Waals surface area (Å²) in [5.41, 5.74) is 5.85. The van der Waals surface area contributed by atoms with Crippen molar-refractivity contribution in [3.63, 3.8) is 0 Å². The monoisotopic (exact) mass is 295 g/mol. The van der Waals surface area contributed by atoms with Gasteiger partial charge in [-0.15, -0.1) is 11.8 Å². The number of urea groups is 1. The molecule has 3 amide bonds. The van der Waals surface area contributed by atoms with Crippen LogP contribution in [0.5, 0.6) is 0 Å². The number of rotatable bonds is 7. The molecule has 0 heterocycles. The van der Waals surface area contributed by atoms with E-state index in [0.29, 0.717) is 24.6 Å². The third kappa shape index (κ3) is 6.47. The van der Waals surface area contributed by atoms with Gasteiger partial charge in [0.2, 0.25) is 5.91 Å². The molecule has 0 bridgehead atoms. The van der Waals surface area contributed by atoms with Crippen LogP contribution in [0.2, 0.25) is 0 Å². The van der Waals surface area contributed by atoms with Crippen LogP contribution in [0.4, 0.5) is 10.5 Å². The number of thioether (sulfide) groups is 1. The molecule has 0 saturated heterocycles. The molecule has 5 nitrogen and oxygen atoms in total. The number of hydrogen-bond acceptors (Lipinski definition) is 3. The molecule has 0 aliphatic heterocycles. The number of anilines is 1. The molecule has 0 unspecified atom stereocenters. The fourth-order valence-corrected chi connectivity index (χ4v) is 2.39.